The minimum absolute atomic E-state index is 0.0884. The largest absolute Gasteiger partial charge is 0.473 e. The van der Waals surface area contributed by atoms with Crippen molar-refractivity contribution in [2.45, 2.75) is 45.3 Å². The van der Waals surface area contributed by atoms with Gasteiger partial charge in [0, 0.05) is 24.9 Å². The Morgan fingerprint density at radius 1 is 1.37 bits per heavy atom. The van der Waals surface area contributed by atoms with E-state index in [-0.39, 0.29) is 17.9 Å². The van der Waals surface area contributed by atoms with Crippen LogP contribution in [0, 0.1) is 12.8 Å². The van der Waals surface area contributed by atoms with Crippen LogP contribution in [-0.2, 0) is 4.79 Å². The molecule has 4 heterocycles. The van der Waals surface area contributed by atoms with Crippen LogP contribution in [0.25, 0.3) is 21.6 Å². The maximum absolute atomic E-state index is 11.6. The van der Waals surface area contributed by atoms with E-state index in [4.69, 9.17) is 9.72 Å². The maximum atomic E-state index is 11.6. The molecule has 0 bridgehead atoms. The van der Waals surface area contributed by atoms with Gasteiger partial charge in [0.05, 0.1) is 28.1 Å². The number of fused-ring (bicyclic) bond motifs is 1. The van der Waals surface area contributed by atoms with Crippen LogP contribution in [0.3, 0.4) is 0 Å². The number of ether oxygens (including phenoxy) is 1. The summed E-state index contributed by atoms with van der Waals surface area (Å²) in [5.41, 5.74) is 3.65. The van der Waals surface area contributed by atoms with E-state index in [2.05, 4.69) is 19.2 Å². The summed E-state index contributed by atoms with van der Waals surface area (Å²) in [4.78, 5) is 22.0. The van der Waals surface area contributed by atoms with Crippen molar-refractivity contribution >= 4 is 28.5 Å². The first-order valence-corrected chi connectivity index (χ1v) is 10.1. The van der Waals surface area contributed by atoms with Gasteiger partial charge in [-0.15, -0.1) is 0 Å². The number of nitrogens with one attached hydrogen (secondary N) is 1. The third-order valence-corrected chi connectivity index (χ3v) is 6.21. The lowest BCUT2D eigenvalue weighted by molar-refractivity contribution is -0.119. The van der Waals surface area contributed by atoms with Crippen molar-refractivity contribution in [1.82, 2.24) is 24.2 Å². The van der Waals surface area contributed by atoms with Gasteiger partial charge < -0.3 is 14.6 Å². The normalized spacial score (nSPS) is 20.8. The Labute approximate surface area is 160 Å². The van der Waals surface area contributed by atoms with E-state index in [0.29, 0.717) is 24.9 Å². The van der Waals surface area contributed by atoms with Crippen molar-refractivity contribution in [3.63, 3.8) is 0 Å². The third-order valence-electron chi connectivity index (χ3n) is 5.31. The minimum atomic E-state index is -0.111. The predicted octanol–water partition coefficient (Wildman–Crippen LogP) is 3.10. The summed E-state index contributed by atoms with van der Waals surface area (Å²) in [6, 6.07) is 4.53. The fourth-order valence-corrected chi connectivity index (χ4v) is 4.30. The molecule has 2 fully saturated rings. The van der Waals surface area contributed by atoms with Crippen LogP contribution in [0.15, 0.2) is 18.5 Å². The number of aryl methyl sites for hydroxylation is 1. The Balaban J connectivity index is 1.56. The molecule has 2 unspecified atom stereocenters. The van der Waals surface area contributed by atoms with E-state index >= 15 is 0 Å². The maximum Gasteiger partial charge on any atom is 0.241 e. The minimum Gasteiger partial charge on any atom is -0.473 e. The molecule has 2 atom stereocenters. The molecule has 1 aliphatic carbocycles. The van der Waals surface area contributed by atoms with Gasteiger partial charge in [0.15, 0.2) is 0 Å². The molecule has 5 rings (SSSR count). The molecule has 1 aliphatic heterocycles. The molecule has 1 saturated carbocycles. The van der Waals surface area contributed by atoms with Crippen LogP contribution in [0.5, 0.6) is 5.88 Å². The molecule has 2 aliphatic rings. The molecular formula is C19H21N5O2S. The van der Waals surface area contributed by atoms with Crippen molar-refractivity contribution in [2.24, 2.45) is 5.92 Å². The van der Waals surface area contributed by atoms with Crippen LogP contribution < -0.4 is 10.1 Å². The van der Waals surface area contributed by atoms with Gasteiger partial charge in [-0.3, -0.25) is 4.79 Å². The Bertz CT molecular complexity index is 1020. The Kier molecular flexibility index (Phi) is 3.89. The zero-order chi connectivity index (χ0) is 18.5. The summed E-state index contributed by atoms with van der Waals surface area (Å²) in [5.74, 6) is 0.844. The van der Waals surface area contributed by atoms with Crippen molar-refractivity contribution in [1.29, 1.82) is 0 Å². The van der Waals surface area contributed by atoms with Gasteiger partial charge in [0.1, 0.15) is 11.6 Å². The number of hydrogen-bond donors (Lipinski definition) is 1. The summed E-state index contributed by atoms with van der Waals surface area (Å²) in [5, 5.41) is 2.88. The topological polar surface area (TPSA) is 81.9 Å². The molecule has 1 saturated heterocycles. The van der Waals surface area contributed by atoms with E-state index in [1.54, 1.807) is 0 Å². The molecule has 7 nitrogen and oxygen atoms in total. The van der Waals surface area contributed by atoms with E-state index in [1.165, 1.54) is 11.5 Å². The fourth-order valence-electron chi connectivity index (χ4n) is 3.58. The number of amides is 1. The van der Waals surface area contributed by atoms with Crippen LogP contribution in [0.4, 0.5) is 0 Å². The summed E-state index contributed by atoms with van der Waals surface area (Å²) in [6.45, 7) is 4.64. The van der Waals surface area contributed by atoms with Gasteiger partial charge in [-0.1, -0.05) is 0 Å². The number of imidazole rings is 1. The lowest BCUT2D eigenvalue weighted by atomic mass is 10.0. The zero-order valence-corrected chi connectivity index (χ0v) is 16.1. The van der Waals surface area contributed by atoms with Crippen molar-refractivity contribution in [3.8, 4) is 16.5 Å². The predicted molar refractivity (Wildman–Crippen MR) is 103 cm³/mol. The zero-order valence-electron chi connectivity index (χ0n) is 15.3. The van der Waals surface area contributed by atoms with Gasteiger partial charge in [-0.05, 0) is 50.4 Å². The first-order chi connectivity index (χ1) is 13.1. The highest BCUT2D eigenvalue weighted by Gasteiger charge is 2.31. The van der Waals surface area contributed by atoms with Gasteiger partial charge in [0.2, 0.25) is 11.8 Å². The average molecular weight is 383 g/mol. The average Bonchev–Trinajstić information content (AvgIpc) is 3.04. The van der Waals surface area contributed by atoms with E-state index < -0.39 is 0 Å². The lowest BCUT2D eigenvalue weighted by Gasteiger charge is -2.20. The second-order valence-corrected chi connectivity index (χ2v) is 8.29. The van der Waals surface area contributed by atoms with Crippen LogP contribution in [-0.4, -0.2) is 37.5 Å². The van der Waals surface area contributed by atoms with Crippen molar-refractivity contribution in [2.75, 3.05) is 6.54 Å². The Morgan fingerprint density at radius 3 is 2.89 bits per heavy atom. The Morgan fingerprint density at radius 2 is 2.22 bits per heavy atom. The molecule has 8 heteroatoms. The summed E-state index contributed by atoms with van der Waals surface area (Å²) < 4.78 is 12.9. The highest BCUT2D eigenvalue weighted by molar-refractivity contribution is 7.09. The molecule has 1 N–H and O–H groups in total. The monoisotopic (exact) mass is 383 g/mol. The van der Waals surface area contributed by atoms with Crippen LogP contribution in [0.1, 0.15) is 37.9 Å². The number of carbonyl (C=O) groups is 1. The van der Waals surface area contributed by atoms with Gasteiger partial charge in [0.25, 0.3) is 0 Å². The van der Waals surface area contributed by atoms with Crippen molar-refractivity contribution < 1.29 is 9.53 Å². The second-order valence-electron chi connectivity index (χ2n) is 7.49. The summed E-state index contributed by atoms with van der Waals surface area (Å²) in [7, 11) is 0. The smallest absolute Gasteiger partial charge is 0.241 e. The second kappa shape index (κ2) is 6.30. The van der Waals surface area contributed by atoms with E-state index in [9.17, 15) is 4.79 Å². The Hall–Kier alpha value is -2.48. The van der Waals surface area contributed by atoms with Crippen LogP contribution >= 0.6 is 11.5 Å². The van der Waals surface area contributed by atoms with Gasteiger partial charge in [-0.2, -0.15) is 4.37 Å². The molecular weight excluding hydrogens is 362 g/mol. The van der Waals surface area contributed by atoms with Crippen molar-refractivity contribution in [3.05, 3.63) is 24.2 Å². The van der Waals surface area contributed by atoms with Gasteiger partial charge in [-0.25, -0.2) is 9.97 Å². The number of rotatable bonds is 5. The first-order valence-electron chi connectivity index (χ1n) is 9.33. The summed E-state index contributed by atoms with van der Waals surface area (Å²) >= 11 is 1.43. The summed E-state index contributed by atoms with van der Waals surface area (Å²) in [6.07, 6.45) is 4.61. The molecule has 1 amide bonds. The quantitative estimate of drug-likeness (QED) is 0.732. The number of carbonyl (C=O) groups excluding carboxylic acids is 1. The molecule has 140 valence electrons. The molecule has 0 aromatic carbocycles. The standard InChI is InChI=1S/C19H21N5O2S/c1-10-5-16(27-23-10)14-7-15-18(24(9-21-15)13-3-4-13)19(22-14)26-11(2)12-6-17(25)20-8-12/h5,7,9,11-13H,3-4,6,8H2,1-2H3,(H,20,25). The molecule has 3 aromatic heterocycles. The fraction of sp³-hybridized carbons (Fsp3) is 0.474. The number of aromatic nitrogens is 4. The third kappa shape index (κ3) is 3.07. The molecule has 27 heavy (non-hydrogen) atoms. The highest BCUT2D eigenvalue weighted by atomic mass is 32.1. The van der Waals surface area contributed by atoms with Gasteiger partial charge >= 0.3 is 0 Å². The number of hydrogen-bond acceptors (Lipinski definition) is 6. The molecule has 0 spiro atoms. The number of nitrogens with zero attached hydrogens (tertiary/aromatic N) is 4. The number of pyridine rings is 1. The molecule has 3 aromatic rings. The molecule has 0 radical (unpaired) electrons. The van der Waals surface area contributed by atoms with E-state index in [0.717, 1.165) is 40.1 Å². The first kappa shape index (κ1) is 16.7. The SMILES string of the molecule is Cc1cc(-c2cc3ncn(C4CC4)c3c(OC(C)C3CNC(=O)C3)n2)sn1. The lowest BCUT2D eigenvalue weighted by Crippen LogP contribution is -2.26. The van der Waals surface area contributed by atoms with Crippen LogP contribution in [0.2, 0.25) is 0 Å². The highest BCUT2D eigenvalue weighted by Crippen LogP contribution is 2.40. The van der Waals surface area contributed by atoms with E-state index in [1.807, 2.05) is 32.3 Å².